The Hall–Kier alpha value is -1.43. The van der Waals surface area contributed by atoms with E-state index in [0.29, 0.717) is 5.02 Å². The zero-order chi connectivity index (χ0) is 18.7. The van der Waals surface area contributed by atoms with Gasteiger partial charge in [0.1, 0.15) is 11.6 Å². The number of likely N-dealkylation sites (tertiary alicyclic amines) is 1. The Bertz CT molecular complexity index is 767. The third-order valence-electron chi connectivity index (χ3n) is 6.11. The Morgan fingerprint density at radius 2 is 1.93 bits per heavy atom. The van der Waals surface area contributed by atoms with E-state index in [4.69, 9.17) is 11.6 Å². The smallest absolute Gasteiger partial charge is 0.133 e. The topological polar surface area (TPSA) is 54.2 Å². The fourth-order valence-electron chi connectivity index (χ4n) is 4.40. The molecule has 146 valence electrons. The minimum absolute atomic E-state index is 0.691. The predicted octanol–water partition coefficient (Wildman–Crippen LogP) is 3.57. The molecule has 0 aliphatic carbocycles. The Balaban J connectivity index is 1.27. The van der Waals surface area contributed by atoms with Gasteiger partial charge in [-0.05, 0) is 56.3 Å². The Kier molecular flexibility index (Phi) is 5.81. The number of rotatable bonds is 5. The quantitative estimate of drug-likeness (QED) is 0.850. The van der Waals surface area contributed by atoms with E-state index < -0.39 is 5.60 Å². The summed E-state index contributed by atoms with van der Waals surface area (Å²) in [6.45, 7) is 3.96. The first-order valence-electron chi connectivity index (χ1n) is 10.3. The molecule has 0 atom stereocenters. The SMILES string of the molecule is OC1(c2cccc(Cl)c2)CCN(CCCc2nnc3n2CCCCC3)CC1. The van der Waals surface area contributed by atoms with E-state index in [1.165, 1.54) is 25.1 Å². The molecule has 2 aromatic rings. The third kappa shape index (κ3) is 4.36. The van der Waals surface area contributed by atoms with Crippen molar-refractivity contribution < 1.29 is 5.11 Å². The fourth-order valence-corrected chi connectivity index (χ4v) is 4.59. The molecule has 4 rings (SSSR count). The van der Waals surface area contributed by atoms with Crippen molar-refractivity contribution in [2.45, 2.75) is 63.5 Å². The molecule has 2 aliphatic heterocycles. The number of fused-ring (bicyclic) bond motifs is 1. The van der Waals surface area contributed by atoms with Crippen LogP contribution >= 0.6 is 11.6 Å². The van der Waals surface area contributed by atoms with Crippen LogP contribution in [0.3, 0.4) is 0 Å². The second kappa shape index (κ2) is 8.29. The van der Waals surface area contributed by atoms with Crippen LogP contribution in [0.4, 0.5) is 0 Å². The van der Waals surface area contributed by atoms with Crippen molar-refractivity contribution in [3.63, 3.8) is 0 Å². The molecule has 1 aromatic carbocycles. The molecule has 1 aromatic heterocycles. The summed E-state index contributed by atoms with van der Waals surface area (Å²) in [6, 6.07) is 7.66. The number of aromatic nitrogens is 3. The van der Waals surface area contributed by atoms with Crippen molar-refractivity contribution in [3.05, 3.63) is 46.5 Å². The van der Waals surface area contributed by atoms with Crippen molar-refractivity contribution in [1.82, 2.24) is 19.7 Å². The maximum Gasteiger partial charge on any atom is 0.133 e. The summed E-state index contributed by atoms with van der Waals surface area (Å²) in [5.41, 5.74) is 0.201. The van der Waals surface area contributed by atoms with Crippen molar-refractivity contribution >= 4 is 11.6 Å². The maximum absolute atomic E-state index is 11.0. The predicted molar refractivity (Wildman–Crippen MR) is 107 cm³/mol. The lowest BCUT2D eigenvalue weighted by Gasteiger charge is -2.38. The lowest BCUT2D eigenvalue weighted by atomic mass is 9.84. The van der Waals surface area contributed by atoms with Gasteiger partial charge in [0.25, 0.3) is 0 Å². The molecule has 0 spiro atoms. The Morgan fingerprint density at radius 1 is 1.07 bits per heavy atom. The van der Waals surface area contributed by atoms with Crippen LogP contribution in [0.25, 0.3) is 0 Å². The zero-order valence-electron chi connectivity index (χ0n) is 15.9. The van der Waals surface area contributed by atoms with E-state index in [9.17, 15) is 5.11 Å². The summed E-state index contributed by atoms with van der Waals surface area (Å²) in [6.07, 6.45) is 8.44. The van der Waals surface area contributed by atoms with Crippen molar-refractivity contribution in [2.75, 3.05) is 19.6 Å². The van der Waals surface area contributed by atoms with Gasteiger partial charge in [0, 0.05) is 37.5 Å². The molecule has 2 aliphatic rings. The van der Waals surface area contributed by atoms with Gasteiger partial charge in [-0.2, -0.15) is 0 Å². The van der Waals surface area contributed by atoms with Gasteiger partial charge >= 0.3 is 0 Å². The monoisotopic (exact) mass is 388 g/mol. The van der Waals surface area contributed by atoms with Gasteiger partial charge in [-0.3, -0.25) is 0 Å². The zero-order valence-corrected chi connectivity index (χ0v) is 16.7. The van der Waals surface area contributed by atoms with Gasteiger partial charge < -0.3 is 14.6 Å². The minimum atomic E-state index is -0.744. The van der Waals surface area contributed by atoms with Gasteiger partial charge in [-0.25, -0.2) is 0 Å². The summed E-state index contributed by atoms with van der Waals surface area (Å²) < 4.78 is 2.35. The molecule has 1 fully saturated rings. The van der Waals surface area contributed by atoms with Crippen LogP contribution in [-0.2, 0) is 25.0 Å². The second-order valence-electron chi connectivity index (χ2n) is 7.98. The number of nitrogens with zero attached hydrogens (tertiary/aromatic N) is 4. The first kappa shape index (κ1) is 18.9. The maximum atomic E-state index is 11.0. The standard InChI is InChI=1S/C21H29ClN4O/c22-18-7-4-6-17(16-18)21(27)10-14-25(15-11-21)12-5-9-20-24-23-19-8-2-1-3-13-26(19)20/h4,6-7,16,27H,1-3,5,8-15H2. The van der Waals surface area contributed by atoms with Crippen LogP contribution in [0, 0.1) is 0 Å². The van der Waals surface area contributed by atoms with E-state index in [2.05, 4.69) is 19.7 Å². The summed E-state index contributed by atoms with van der Waals surface area (Å²) in [4.78, 5) is 2.46. The molecular weight excluding hydrogens is 360 g/mol. The molecule has 0 radical (unpaired) electrons. The highest BCUT2D eigenvalue weighted by Gasteiger charge is 2.33. The van der Waals surface area contributed by atoms with Crippen molar-refractivity contribution in [1.29, 1.82) is 0 Å². The summed E-state index contributed by atoms with van der Waals surface area (Å²) in [5, 5.41) is 20.5. The van der Waals surface area contributed by atoms with Gasteiger partial charge in [0.2, 0.25) is 0 Å². The van der Waals surface area contributed by atoms with Crippen LogP contribution in [0.2, 0.25) is 5.02 Å². The second-order valence-corrected chi connectivity index (χ2v) is 8.42. The molecule has 0 amide bonds. The van der Waals surface area contributed by atoms with E-state index in [-0.39, 0.29) is 0 Å². The molecule has 1 saturated heterocycles. The highest BCUT2D eigenvalue weighted by molar-refractivity contribution is 6.30. The van der Waals surface area contributed by atoms with E-state index in [0.717, 1.165) is 69.7 Å². The summed E-state index contributed by atoms with van der Waals surface area (Å²) >= 11 is 6.10. The fraction of sp³-hybridized carbons (Fsp3) is 0.619. The average Bonchev–Trinajstić information content (AvgIpc) is 2.90. The van der Waals surface area contributed by atoms with E-state index in [1.54, 1.807) is 0 Å². The van der Waals surface area contributed by atoms with Crippen molar-refractivity contribution in [3.8, 4) is 0 Å². The first-order chi connectivity index (χ1) is 13.1. The number of benzene rings is 1. The molecule has 1 N–H and O–H groups in total. The Labute approximate surface area is 166 Å². The van der Waals surface area contributed by atoms with Gasteiger partial charge in [0.05, 0.1) is 5.60 Å². The minimum Gasteiger partial charge on any atom is -0.385 e. The van der Waals surface area contributed by atoms with E-state index >= 15 is 0 Å². The highest BCUT2D eigenvalue weighted by atomic mass is 35.5. The van der Waals surface area contributed by atoms with Crippen LogP contribution in [0.1, 0.15) is 55.7 Å². The van der Waals surface area contributed by atoms with E-state index in [1.807, 2.05) is 24.3 Å². The lowest BCUT2D eigenvalue weighted by molar-refractivity contribution is -0.0260. The van der Waals surface area contributed by atoms with Crippen molar-refractivity contribution in [2.24, 2.45) is 0 Å². The van der Waals surface area contributed by atoms with Gasteiger partial charge in [-0.15, -0.1) is 10.2 Å². The third-order valence-corrected chi connectivity index (χ3v) is 6.34. The molecule has 0 unspecified atom stereocenters. The average molecular weight is 389 g/mol. The molecular formula is C21H29ClN4O. The highest BCUT2D eigenvalue weighted by Crippen LogP contribution is 2.34. The molecule has 3 heterocycles. The molecule has 0 saturated carbocycles. The first-order valence-corrected chi connectivity index (χ1v) is 10.6. The van der Waals surface area contributed by atoms with Crippen LogP contribution < -0.4 is 0 Å². The Morgan fingerprint density at radius 3 is 2.74 bits per heavy atom. The number of hydrogen-bond acceptors (Lipinski definition) is 4. The van der Waals surface area contributed by atoms with Crippen LogP contribution in [0.5, 0.6) is 0 Å². The molecule has 6 heteroatoms. The summed E-state index contributed by atoms with van der Waals surface area (Å²) in [7, 11) is 0. The number of aryl methyl sites for hydroxylation is 2. The lowest BCUT2D eigenvalue weighted by Crippen LogP contribution is -2.43. The normalized spacial score (nSPS) is 20.2. The van der Waals surface area contributed by atoms with Crippen LogP contribution in [0.15, 0.2) is 24.3 Å². The number of halogens is 1. The summed E-state index contributed by atoms with van der Waals surface area (Å²) in [5.74, 6) is 2.33. The number of piperidine rings is 1. The van der Waals surface area contributed by atoms with Gasteiger partial charge in [0.15, 0.2) is 0 Å². The van der Waals surface area contributed by atoms with Crippen LogP contribution in [-0.4, -0.2) is 44.4 Å². The molecule has 27 heavy (non-hydrogen) atoms. The molecule has 5 nitrogen and oxygen atoms in total. The van der Waals surface area contributed by atoms with Gasteiger partial charge in [-0.1, -0.05) is 30.2 Å². The largest absolute Gasteiger partial charge is 0.385 e. The number of hydrogen-bond donors (Lipinski definition) is 1. The molecule has 0 bridgehead atoms. The number of aliphatic hydroxyl groups is 1.